The van der Waals surface area contributed by atoms with E-state index in [4.69, 9.17) is 38.9 Å². The molecule has 18 atom stereocenters. The Morgan fingerprint density at radius 3 is 1.04 bits per heavy atom. The van der Waals surface area contributed by atoms with Crippen LogP contribution in [-0.4, -0.2) is 334 Å². The first-order valence-electron chi connectivity index (χ1n) is 43.8. The summed E-state index contributed by atoms with van der Waals surface area (Å²) in [6, 6.07) is -30.0. The molecule has 1 rings (SSSR count). The molecule has 0 aromatic carbocycles. The fourth-order valence-corrected chi connectivity index (χ4v) is 12.5. The third kappa shape index (κ3) is 48.0. The lowest BCUT2D eigenvalue weighted by atomic mass is 10.0. The molecule has 0 saturated heterocycles. The number of carbonyl (C=O) groups excluding carboxylic acids is 22. The molecule has 59 heteroatoms. The van der Waals surface area contributed by atoms with E-state index in [-0.39, 0.29) is 24.5 Å². The standard InChI is InChI=1S/C81H129N25O34/c1-33(2)25-48(94-57(114)30-88-68(126)41(82)11-22-58(115)116)74(132)95-42(12-18-52(83)109)69(127)89-29-56(113)91-36(7)65(123)92-38(9)67(125)104-63(35(5)6)79(137)99-45(15-21-55(86)112)70(128)96-46(16-23-59(117)118)73(131)106-64(39(10)108)80(138)105-62(34(3)4)78(136)93-37(8)66(124)103-51(31-107)77(135)98-44(14-20-54(85)111)72(130)101-49(26-40-28-87-32-90-40)75(133)102-50(27-61(121)122)76(134)97-43(13-19-53(84)110)71(129)100-47(81(139)140)17-24-60(119)120/h28,32-39,41-51,62-64,107-108H,11-27,29-31,82H2,1-10H3,(H2,83,109)(H2,84,110)(H2,85,111)(H2,86,112)(H,87,90)(H,88,126)(H,89,127)(H,91,113)(H,92,123)(H,93,136)(H,94,114)(H,95,132)(H,96,128)(H,97,134)(H,98,135)(H,99,137)(H,100,129)(H,101,130)(H,102,133)(H,103,124)(H,104,125)(H,105,138)(H,106,131)(H,115,116)(H,117,118)(H,119,120)(H,121,122)(H,139,140)/t36-,37-,38-,39+,41-,42-,43-,44-,45-,46-,47-,48-,49-,50-,51-,62-,63-,64-/m0/s1. The van der Waals surface area contributed by atoms with Crippen molar-refractivity contribution in [2.24, 2.45) is 46.4 Å². The molecule has 22 amide bonds. The second kappa shape index (κ2) is 61.8. The molecule has 0 fully saturated rings. The summed E-state index contributed by atoms with van der Waals surface area (Å²) in [6.45, 7) is 10.5. The van der Waals surface area contributed by atoms with Crippen LogP contribution in [0.2, 0.25) is 0 Å². The Kier molecular flexibility index (Phi) is 54.2. The first-order valence-corrected chi connectivity index (χ1v) is 43.8. The number of hydrogen-bond donors (Lipinski definition) is 31. The van der Waals surface area contributed by atoms with Crippen molar-refractivity contribution in [1.82, 2.24) is 106 Å². The van der Waals surface area contributed by atoms with Crippen LogP contribution in [0.25, 0.3) is 0 Å². The maximum Gasteiger partial charge on any atom is 0.326 e. The number of carbonyl (C=O) groups is 27. The average molecular weight is 2000 g/mol. The molecule has 0 aliphatic heterocycles. The summed E-state index contributed by atoms with van der Waals surface area (Å²) in [5, 5.41) is 109. The van der Waals surface area contributed by atoms with Crippen LogP contribution in [0.5, 0.6) is 0 Å². The Hall–Kier alpha value is -15.2. The van der Waals surface area contributed by atoms with E-state index in [1.807, 2.05) is 5.32 Å². The largest absolute Gasteiger partial charge is 0.481 e. The highest BCUT2D eigenvalue weighted by atomic mass is 16.4. The number of aliphatic carboxylic acids is 5. The van der Waals surface area contributed by atoms with Crippen LogP contribution in [-0.2, 0) is 136 Å². The minimum Gasteiger partial charge on any atom is -0.481 e. The van der Waals surface area contributed by atoms with Crippen LogP contribution < -0.4 is 124 Å². The van der Waals surface area contributed by atoms with Crippen molar-refractivity contribution < 1.29 is 165 Å². The molecule has 0 unspecified atom stereocenters. The van der Waals surface area contributed by atoms with Gasteiger partial charge in [0.1, 0.15) is 96.7 Å². The van der Waals surface area contributed by atoms with Gasteiger partial charge in [0.25, 0.3) is 0 Å². The first-order chi connectivity index (χ1) is 65.2. The number of rotatable bonds is 68. The monoisotopic (exact) mass is 2000 g/mol. The maximum atomic E-state index is 14.3. The predicted octanol–water partition coefficient (Wildman–Crippen LogP) is -13.7. The maximum absolute atomic E-state index is 14.3. The van der Waals surface area contributed by atoms with Gasteiger partial charge in [-0.2, -0.15) is 0 Å². The van der Waals surface area contributed by atoms with Crippen LogP contribution >= 0.6 is 0 Å². The van der Waals surface area contributed by atoms with E-state index >= 15 is 0 Å². The van der Waals surface area contributed by atoms with E-state index in [9.17, 15) is 155 Å². The Morgan fingerprint density at radius 2 is 0.629 bits per heavy atom. The smallest absolute Gasteiger partial charge is 0.326 e. The van der Waals surface area contributed by atoms with Crippen molar-refractivity contribution in [2.75, 3.05) is 19.7 Å². The Morgan fingerprint density at radius 1 is 0.321 bits per heavy atom. The van der Waals surface area contributed by atoms with E-state index in [1.165, 1.54) is 33.9 Å². The van der Waals surface area contributed by atoms with Crippen LogP contribution in [0.3, 0.4) is 0 Å². The molecule has 1 aromatic rings. The second-order valence-electron chi connectivity index (χ2n) is 33.5. The number of aliphatic hydroxyl groups excluding tert-OH is 2. The van der Waals surface area contributed by atoms with Gasteiger partial charge in [0.2, 0.25) is 130 Å². The van der Waals surface area contributed by atoms with Gasteiger partial charge < -0.3 is 165 Å². The van der Waals surface area contributed by atoms with E-state index in [0.717, 1.165) is 34.0 Å². The van der Waals surface area contributed by atoms with E-state index in [2.05, 4.69) is 100 Å². The highest BCUT2D eigenvalue weighted by molar-refractivity contribution is 6.03. The number of carboxylic acids is 5. The van der Waals surface area contributed by atoms with Crippen LogP contribution in [0.1, 0.15) is 178 Å². The molecule has 36 N–H and O–H groups in total. The van der Waals surface area contributed by atoms with Gasteiger partial charge in [0.15, 0.2) is 0 Å². The number of nitrogens with one attached hydrogen (secondary N) is 19. The van der Waals surface area contributed by atoms with Gasteiger partial charge in [0, 0.05) is 57.6 Å². The van der Waals surface area contributed by atoms with Gasteiger partial charge in [-0.3, -0.25) is 125 Å². The van der Waals surface area contributed by atoms with Crippen molar-refractivity contribution in [3.05, 3.63) is 18.2 Å². The molecule has 140 heavy (non-hydrogen) atoms. The molecule has 1 heterocycles. The summed E-state index contributed by atoms with van der Waals surface area (Å²) in [5.41, 5.74) is 27.0. The van der Waals surface area contributed by atoms with Crippen LogP contribution in [0.15, 0.2) is 12.5 Å². The number of nitrogens with zero attached hydrogens (tertiary/aromatic N) is 1. The van der Waals surface area contributed by atoms with E-state index in [0.29, 0.717) is 0 Å². The molecule has 0 bridgehead atoms. The highest BCUT2D eigenvalue weighted by Crippen LogP contribution is 2.15. The van der Waals surface area contributed by atoms with Crippen molar-refractivity contribution in [3.63, 3.8) is 0 Å². The fraction of sp³-hybridized carbons (Fsp3) is 0.630. The summed E-state index contributed by atoms with van der Waals surface area (Å²) >= 11 is 0. The molecule has 782 valence electrons. The fourth-order valence-electron chi connectivity index (χ4n) is 12.5. The quantitative estimate of drug-likeness (QED) is 0.0288. The zero-order chi connectivity index (χ0) is 107. The SMILES string of the molecule is CC(C)C[C@H](NC(=O)CNC(=O)[C@@H](N)CCC(=O)O)C(=O)N[C@@H](CCC(N)=O)C(=O)NCC(=O)N[C@@H](C)C(=O)N[C@@H](C)C(=O)N[C@H](C(=O)N[C@@H](CCC(N)=O)C(=O)N[C@@H](CCC(=O)O)C(=O)N[C@H](C(=O)N[C@H](C(=O)N[C@@H](C)C(=O)N[C@@H](CO)C(=O)N[C@@H](CCC(N)=O)C(=O)N[C@@H](Cc1c[nH]cn1)C(=O)N[C@@H](CC(=O)O)C(=O)N[C@@H](CCC(N)=O)C(=O)N[C@@H](CCC(=O)O)C(=O)O)C(C)C)[C@@H](C)O)C(C)C. The van der Waals surface area contributed by atoms with Gasteiger partial charge in [-0.15, -0.1) is 0 Å². The Bertz CT molecular complexity index is 4590. The third-order valence-electron chi connectivity index (χ3n) is 20.3. The molecular formula is C81H129N25O34. The topological polar surface area (TPSA) is 978 Å². The summed E-state index contributed by atoms with van der Waals surface area (Å²) in [6.07, 6.45) is -10.1. The molecule has 59 nitrogen and oxygen atoms in total. The number of H-pyrrole nitrogens is 1. The minimum atomic E-state index is -2.17. The molecule has 0 aliphatic carbocycles. The molecule has 0 aliphatic rings. The number of nitrogens with two attached hydrogens (primary N) is 5. The summed E-state index contributed by atoms with van der Waals surface area (Å²) < 4.78 is 0. The summed E-state index contributed by atoms with van der Waals surface area (Å²) in [4.78, 5) is 359. The van der Waals surface area contributed by atoms with E-state index < -0.39 is 396 Å². The van der Waals surface area contributed by atoms with Crippen molar-refractivity contribution >= 4 is 160 Å². The molecule has 0 radical (unpaired) electrons. The number of primary amides is 4. The van der Waals surface area contributed by atoms with Crippen molar-refractivity contribution in [1.29, 1.82) is 0 Å². The lowest BCUT2D eigenvalue weighted by molar-refractivity contribution is -0.144. The number of imidazole rings is 1. The normalized spacial score (nSPS) is 14.9. The highest BCUT2D eigenvalue weighted by Gasteiger charge is 2.41. The van der Waals surface area contributed by atoms with Gasteiger partial charge in [-0.25, -0.2) is 9.78 Å². The second-order valence-corrected chi connectivity index (χ2v) is 33.5. The molecular weight excluding hydrogens is 1870 g/mol. The lowest BCUT2D eigenvalue weighted by Crippen LogP contribution is -2.63. The van der Waals surface area contributed by atoms with Crippen LogP contribution in [0, 0.1) is 17.8 Å². The molecule has 0 saturated carbocycles. The third-order valence-corrected chi connectivity index (χ3v) is 20.3. The van der Waals surface area contributed by atoms with Gasteiger partial charge in [-0.1, -0.05) is 41.5 Å². The van der Waals surface area contributed by atoms with Gasteiger partial charge in [-0.05, 0) is 96.8 Å². The van der Waals surface area contributed by atoms with Crippen molar-refractivity contribution in [3.8, 4) is 0 Å². The van der Waals surface area contributed by atoms with Crippen LogP contribution in [0.4, 0.5) is 0 Å². The summed E-state index contributed by atoms with van der Waals surface area (Å²) in [7, 11) is 0. The first kappa shape index (κ1) is 123. The minimum absolute atomic E-state index is 0.00480. The average Bonchev–Trinajstić information content (AvgIpc) is 1.62. The molecule has 0 spiro atoms. The Labute approximate surface area is 799 Å². The van der Waals surface area contributed by atoms with Gasteiger partial charge in [0.05, 0.1) is 50.3 Å². The number of aliphatic hydroxyl groups is 2. The number of amides is 22. The predicted molar refractivity (Wildman–Crippen MR) is 476 cm³/mol. The number of carboxylic acid groups (broad SMARTS) is 5. The zero-order valence-corrected chi connectivity index (χ0v) is 78.4. The number of aromatic amines is 1. The Balaban J connectivity index is 3.41. The summed E-state index contributed by atoms with van der Waals surface area (Å²) in [5.74, 6) is -35.1. The molecule has 1 aromatic heterocycles. The van der Waals surface area contributed by atoms with Gasteiger partial charge >= 0.3 is 29.8 Å². The number of hydrogen-bond acceptors (Lipinski definition) is 31. The van der Waals surface area contributed by atoms with Crippen molar-refractivity contribution in [2.45, 2.75) is 287 Å². The zero-order valence-electron chi connectivity index (χ0n) is 78.4. The van der Waals surface area contributed by atoms with E-state index in [1.54, 1.807) is 13.8 Å². The number of aromatic nitrogens is 2. The lowest BCUT2D eigenvalue weighted by Gasteiger charge is -2.29.